The van der Waals surface area contributed by atoms with E-state index in [2.05, 4.69) is 9.50 Å². The monoisotopic (exact) mass is 397 g/mol. The number of amides is 1. The number of aldehydes is 1. The van der Waals surface area contributed by atoms with Crippen LogP contribution in [0.25, 0.3) is 0 Å². The lowest BCUT2D eigenvalue weighted by molar-refractivity contribution is -0.113. The highest BCUT2D eigenvalue weighted by Gasteiger charge is 2.48. The number of benzene rings is 1. The molecule has 146 valence electrons. The van der Waals surface area contributed by atoms with Crippen LogP contribution < -0.4 is 9.50 Å². The van der Waals surface area contributed by atoms with Crippen molar-refractivity contribution in [1.82, 2.24) is 5.32 Å². The van der Waals surface area contributed by atoms with Crippen LogP contribution in [0.3, 0.4) is 0 Å². The number of carbonyl (C=O) groups is 2. The summed E-state index contributed by atoms with van der Waals surface area (Å²) in [6.45, 7) is 6.21. The van der Waals surface area contributed by atoms with Crippen LogP contribution in [0.4, 0.5) is 18.0 Å². The van der Waals surface area contributed by atoms with Crippen LogP contribution in [-0.2, 0) is 25.2 Å². The molecule has 0 aliphatic heterocycles. The molecular formula is C15H18F3NO6S. The zero-order valence-electron chi connectivity index (χ0n) is 14.4. The van der Waals surface area contributed by atoms with E-state index in [4.69, 9.17) is 4.74 Å². The van der Waals surface area contributed by atoms with E-state index in [0.717, 1.165) is 24.3 Å². The Labute approximate surface area is 148 Å². The standard InChI is InChI=1S/C15H18F3NO6S/c1-13(2,3)24-12(21)19-14(4,9-20)10-5-7-11(8-6-10)25-26(22,23)15(16,17)18/h5-9H,1-4H3,(H,19,21). The zero-order valence-corrected chi connectivity index (χ0v) is 15.2. The Bertz CT molecular complexity index is 768. The van der Waals surface area contributed by atoms with Crippen molar-refractivity contribution < 1.29 is 40.1 Å². The Kier molecular flexibility index (Phi) is 5.97. The van der Waals surface area contributed by atoms with Crippen LogP contribution in [0.15, 0.2) is 24.3 Å². The smallest absolute Gasteiger partial charge is 0.444 e. The number of rotatable bonds is 5. The third-order valence-electron chi connectivity index (χ3n) is 2.94. The summed E-state index contributed by atoms with van der Waals surface area (Å²) in [6, 6.07) is 4.15. The Hall–Kier alpha value is -2.30. The van der Waals surface area contributed by atoms with E-state index in [9.17, 15) is 31.2 Å². The van der Waals surface area contributed by atoms with Gasteiger partial charge in [0.25, 0.3) is 0 Å². The van der Waals surface area contributed by atoms with Gasteiger partial charge >= 0.3 is 21.7 Å². The van der Waals surface area contributed by atoms with Crippen molar-refractivity contribution in [3.63, 3.8) is 0 Å². The molecule has 0 saturated carbocycles. The molecule has 7 nitrogen and oxygen atoms in total. The molecule has 1 aromatic carbocycles. The average molecular weight is 397 g/mol. The molecular weight excluding hydrogens is 379 g/mol. The number of hydrogen-bond acceptors (Lipinski definition) is 6. The first-order valence-corrected chi connectivity index (χ1v) is 8.59. The molecule has 0 aliphatic carbocycles. The van der Waals surface area contributed by atoms with Crippen molar-refractivity contribution in [2.24, 2.45) is 0 Å². The summed E-state index contributed by atoms with van der Waals surface area (Å²) < 4.78 is 67.8. The van der Waals surface area contributed by atoms with E-state index < -0.39 is 38.6 Å². The first-order valence-electron chi connectivity index (χ1n) is 7.18. The second-order valence-electron chi connectivity index (χ2n) is 6.45. The molecule has 1 rings (SSSR count). The summed E-state index contributed by atoms with van der Waals surface area (Å²) in [5.41, 5.74) is -7.75. The second kappa shape index (κ2) is 7.14. The van der Waals surface area contributed by atoms with Crippen molar-refractivity contribution in [1.29, 1.82) is 0 Å². The molecule has 0 bridgehead atoms. The maximum atomic E-state index is 12.3. The van der Waals surface area contributed by atoms with Gasteiger partial charge in [0, 0.05) is 0 Å². The minimum Gasteiger partial charge on any atom is -0.444 e. The lowest BCUT2D eigenvalue weighted by atomic mass is 9.94. The third kappa shape index (κ3) is 5.61. The van der Waals surface area contributed by atoms with Gasteiger partial charge in [-0.2, -0.15) is 21.6 Å². The highest BCUT2D eigenvalue weighted by atomic mass is 32.2. The number of carbonyl (C=O) groups excluding carboxylic acids is 2. The van der Waals surface area contributed by atoms with E-state index in [-0.39, 0.29) is 5.56 Å². The largest absolute Gasteiger partial charge is 0.534 e. The molecule has 1 aromatic rings. The van der Waals surface area contributed by atoms with Gasteiger partial charge in [0.15, 0.2) is 0 Å². The molecule has 1 atom stereocenters. The van der Waals surface area contributed by atoms with Crippen LogP contribution in [0, 0.1) is 0 Å². The SMILES string of the molecule is CC(C)(C)OC(=O)NC(C)(C=O)c1ccc(OS(=O)(=O)C(F)(F)F)cc1. The van der Waals surface area contributed by atoms with E-state index in [1.165, 1.54) is 6.92 Å². The van der Waals surface area contributed by atoms with Crippen molar-refractivity contribution in [3.05, 3.63) is 29.8 Å². The molecule has 0 fully saturated rings. The van der Waals surface area contributed by atoms with Crippen molar-refractivity contribution in [2.45, 2.75) is 44.3 Å². The number of halogens is 3. The molecule has 0 aromatic heterocycles. The number of hydrogen-bond donors (Lipinski definition) is 1. The van der Waals surface area contributed by atoms with Gasteiger partial charge in [0.2, 0.25) is 0 Å². The number of alkyl carbamates (subject to hydrolysis) is 1. The maximum Gasteiger partial charge on any atom is 0.534 e. The van der Waals surface area contributed by atoms with Crippen LogP contribution in [0.5, 0.6) is 5.75 Å². The zero-order chi connectivity index (χ0) is 20.4. The van der Waals surface area contributed by atoms with Gasteiger partial charge in [-0.05, 0) is 45.4 Å². The van der Waals surface area contributed by atoms with Gasteiger partial charge in [0.05, 0.1) is 0 Å². The van der Waals surface area contributed by atoms with E-state index in [1.54, 1.807) is 20.8 Å². The minimum atomic E-state index is -5.80. The molecule has 0 radical (unpaired) electrons. The lowest BCUT2D eigenvalue weighted by Gasteiger charge is -2.28. The van der Waals surface area contributed by atoms with Gasteiger partial charge in [-0.3, -0.25) is 0 Å². The van der Waals surface area contributed by atoms with Gasteiger partial charge in [-0.25, -0.2) is 4.79 Å². The maximum absolute atomic E-state index is 12.3. The van der Waals surface area contributed by atoms with Gasteiger partial charge in [-0.1, -0.05) is 12.1 Å². The van der Waals surface area contributed by atoms with Crippen molar-refractivity contribution >= 4 is 22.5 Å². The van der Waals surface area contributed by atoms with Crippen molar-refractivity contribution in [3.8, 4) is 5.75 Å². The fourth-order valence-corrected chi connectivity index (χ4v) is 2.17. The quantitative estimate of drug-likeness (QED) is 0.466. The summed E-state index contributed by atoms with van der Waals surface area (Å²) in [7, 11) is -5.80. The lowest BCUT2D eigenvalue weighted by Crippen LogP contribution is -2.46. The molecule has 26 heavy (non-hydrogen) atoms. The third-order valence-corrected chi connectivity index (χ3v) is 3.92. The predicted molar refractivity (Wildman–Crippen MR) is 84.8 cm³/mol. The van der Waals surface area contributed by atoms with Crippen LogP contribution in [-0.4, -0.2) is 31.9 Å². The Morgan fingerprint density at radius 3 is 1.96 bits per heavy atom. The van der Waals surface area contributed by atoms with Gasteiger partial charge in [-0.15, -0.1) is 0 Å². The molecule has 11 heteroatoms. The molecule has 0 spiro atoms. The number of nitrogens with one attached hydrogen (secondary N) is 1. The summed E-state index contributed by atoms with van der Waals surface area (Å²) >= 11 is 0. The minimum absolute atomic E-state index is 0.176. The molecule has 1 amide bonds. The Morgan fingerprint density at radius 1 is 1.08 bits per heavy atom. The molecule has 0 saturated heterocycles. The summed E-state index contributed by atoms with van der Waals surface area (Å²) in [4.78, 5) is 23.3. The van der Waals surface area contributed by atoms with Crippen LogP contribution >= 0.6 is 0 Å². The fraction of sp³-hybridized carbons (Fsp3) is 0.467. The normalized spacial score (nSPS) is 14.9. The van der Waals surface area contributed by atoms with E-state index in [1.807, 2.05) is 0 Å². The molecule has 0 aliphatic rings. The second-order valence-corrected chi connectivity index (χ2v) is 7.99. The highest BCUT2D eigenvalue weighted by Crippen LogP contribution is 2.28. The summed E-state index contributed by atoms with van der Waals surface area (Å²) in [6.07, 6.45) is -0.480. The van der Waals surface area contributed by atoms with Gasteiger partial charge in [0.1, 0.15) is 23.2 Å². The Balaban J connectivity index is 3.01. The van der Waals surface area contributed by atoms with Crippen LogP contribution in [0.1, 0.15) is 33.3 Å². The first-order chi connectivity index (χ1) is 11.6. The van der Waals surface area contributed by atoms with Crippen LogP contribution in [0.2, 0.25) is 0 Å². The average Bonchev–Trinajstić information content (AvgIpc) is 2.44. The van der Waals surface area contributed by atoms with E-state index >= 15 is 0 Å². The Morgan fingerprint density at radius 2 is 1.58 bits per heavy atom. The summed E-state index contributed by atoms with van der Waals surface area (Å²) in [5.74, 6) is -0.600. The topological polar surface area (TPSA) is 98.8 Å². The summed E-state index contributed by atoms with van der Waals surface area (Å²) in [5, 5.41) is 2.34. The molecule has 0 heterocycles. The van der Waals surface area contributed by atoms with Gasteiger partial charge < -0.3 is 19.0 Å². The first kappa shape index (κ1) is 21.7. The number of ether oxygens (including phenoxy) is 1. The highest BCUT2D eigenvalue weighted by molar-refractivity contribution is 7.88. The van der Waals surface area contributed by atoms with Crippen molar-refractivity contribution in [2.75, 3.05) is 0 Å². The fourth-order valence-electron chi connectivity index (χ4n) is 1.72. The number of alkyl halides is 3. The molecule has 1 N–H and O–H groups in total. The van der Waals surface area contributed by atoms with E-state index in [0.29, 0.717) is 6.29 Å². The predicted octanol–water partition coefficient (Wildman–Crippen LogP) is 2.85. The molecule has 1 unspecified atom stereocenters.